The van der Waals surface area contributed by atoms with Crippen molar-refractivity contribution in [3.05, 3.63) is 44.8 Å². The molecule has 0 saturated carbocycles. The van der Waals surface area contributed by atoms with Crippen molar-refractivity contribution in [2.24, 2.45) is 5.73 Å². The zero-order valence-corrected chi connectivity index (χ0v) is 16.3. The summed E-state index contributed by atoms with van der Waals surface area (Å²) in [7, 11) is 0. The van der Waals surface area contributed by atoms with Gasteiger partial charge in [-0.3, -0.25) is 9.59 Å². The van der Waals surface area contributed by atoms with Crippen molar-refractivity contribution < 1.29 is 19.1 Å². The van der Waals surface area contributed by atoms with Crippen LogP contribution in [0.3, 0.4) is 0 Å². The van der Waals surface area contributed by atoms with Crippen molar-refractivity contribution in [1.82, 2.24) is 4.90 Å². The number of carbonyl (C=O) groups is 3. The number of primary amides is 1. The maximum atomic E-state index is 12.6. The fourth-order valence-corrected chi connectivity index (χ4v) is 4.38. The topological polar surface area (TPSA) is 89.7 Å². The van der Waals surface area contributed by atoms with Crippen LogP contribution in [-0.2, 0) is 19.1 Å². The second-order valence-electron chi connectivity index (χ2n) is 6.13. The molecule has 2 aromatic heterocycles. The lowest BCUT2D eigenvalue weighted by Crippen LogP contribution is -2.51. The quantitative estimate of drug-likeness (QED) is 0.592. The largest absolute Gasteiger partial charge is 0.452 e. The molecule has 6 nitrogen and oxygen atoms in total. The summed E-state index contributed by atoms with van der Waals surface area (Å²) in [5.41, 5.74) is 5.80. The SMILES string of the molecule is NC(=O)[C@@H]1CCCCN1C(=O)COC(=O)/C(=C/c1cccs1)c1cccs1. The molecule has 142 valence electrons. The number of nitrogens with zero attached hydrogens (tertiary/aromatic N) is 1. The molecule has 3 heterocycles. The van der Waals surface area contributed by atoms with Gasteiger partial charge in [-0.25, -0.2) is 4.79 Å². The molecule has 2 aromatic rings. The van der Waals surface area contributed by atoms with E-state index in [2.05, 4.69) is 0 Å². The highest BCUT2D eigenvalue weighted by molar-refractivity contribution is 7.12. The van der Waals surface area contributed by atoms with Crippen molar-refractivity contribution in [3.63, 3.8) is 0 Å². The fraction of sp³-hybridized carbons (Fsp3) is 0.316. The number of amides is 2. The summed E-state index contributed by atoms with van der Waals surface area (Å²) in [6, 6.07) is 6.87. The number of thiophene rings is 2. The molecule has 2 N–H and O–H groups in total. The van der Waals surface area contributed by atoms with E-state index in [1.54, 1.807) is 6.08 Å². The van der Waals surface area contributed by atoms with E-state index in [4.69, 9.17) is 10.5 Å². The third-order valence-corrected chi connectivity index (χ3v) is 6.04. The van der Waals surface area contributed by atoms with Gasteiger partial charge >= 0.3 is 5.97 Å². The fourth-order valence-electron chi connectivity index (χ4n) is 2.99. The van der Waals surface area contributed by atoms with E-state index in [1.165, 1.54) is 27.6 Å². The molecule has 0 aliphatic carbocycles. The third-order valence-electron chi connectivity index (χ3n) is 4.31. The number of nitrogens with two attached hydrogens (primary N) is 1. The number of carbonyl (C=O) groups excluding carboxylic acids is 3. The van der Waals surface area contributed by atoms with Crippen LogP contribution in [0.1, 0.15) is 29.0 Å². The molecule has 1 atom stereocenters. The Morgan fingerprint density at radius 3 is 2.63 bits per heavy atom. The zero-order chi connectivity index (χ0) is 19.2. The van der Waals surface area contributed by atoms with Crippen LogP contribution in [0.25, 0.3) is 11.6 Å². The lowest BCUT2D eigenvalue weighted by molar-refractivity contribution is -0.151. The van der Waals surface area contributed by atoms with Gasteiger partial charge in [0.25, 0.3) is 5.91 Å². The lowest BCUT2D eigenvalue weighted by Gasteiger charge is -2.33. The summed E-state index contributed by atoms with van der Waals surface area (Å²) >= 11 is 2.94. The van der Waals surface area contributed by atoms with E-state index in [0.29, 0.717) is 18.5 Å². The molecule has 3 rings (SSSR count). The Labute approximate surface area is 165 Å². The molecule has 1 aliphatic rings. The van der Waals surface area contributed by atoms with E-state index >= 15 is 0 Å². The predicted octanol–water partition coefficient (Wildman–Crippen LogP) is 2.76. The highest BCUT2D eigenvalue weighted by Gasteiger charge is 2.31. The molecular formula is C19H20N2O4S2. The first-order valence-corrected chi connectivity index (χ1v) is 10.4. The monoisotopic (exact) mass is 404 g/mol. The molecule has 1 fully saturated rings. The number of esters is 1. The average molecular weight is 405 g/mol. The van der Waals surface area contributed by atoms with E-state index in [0.717, 1.165) is 22.6 Å². The van der Waals surface area contributed by atoms with E-state index in [1.807, 2.05) is 35.0 Å². The number of ether oxygens (including phenoxy) is 1. The van der Waals surface area contributed by atoms with Gasteiger partial charge in [-0.1, -0.05) is 12.1 Å². The summed E-state index contributed by atoms with van der Waals surface area (Å²) in [5.74, 6) is -1.48. The molecule has 0 aromatic carbocycles. The smallest absolute Gasteiger partial charge is 0.340 e. The van der Waals surface area contributed by atoms with Crippen molar-refractivity contribution in [3.8, 4) is 0 Å². The molecular weight excluding hydrogens is 384 g/mol. The molecule has 0 spiro atoms. The van der Waals surface area contributed by atoms with Crippen LogP contribution in [0.4, 0.5) is 0 Å². The minimum atomic E-state index is -0.622. The van der Waals surface area contributed by atoms with Crippen molar-refractivity contribution in [1.29, 1.82) is 0 Å². The Morgan fingerprint density at radius 1 is 1.19 bits per heavy atom. The number of likely N-dealkylation sites (tertiary alicyclic amines) is 1. The van der Waals surface area contributed by atoms with Gasteiger partial charge < -0.3 is 15.4 Å². The molecule has 0 radical (unpaired) electrons. The van der Waals surface area contributed by atoms with Crippen molar-refractivity contribution in [2.75, 3.05) is 13.2 Å². The number of hydrogen-bond acceptors (Lipinski definition) is 6. The summed E-state index contributed by atoms with van der Waals surface area (Å²) in [5, 5.41) is 3.80. The number of hydrogen-bond donors (Lipinski definition) is 1. The van der Waals surface area contributed by atoms with Gasteiger partial charge in [0.2, 0.25) is 5.91 Å². The van der Waals surface area contributed by atoms with E-state index in [-0.39, 0.29) is 0 Å². The van der Waals surface area contributed by atoms with Crippen LogP contribution >= 0.6 is 22.7 Å². The first-order chi connectivity index (χ1) is 13.1. The van der Waals surface area contributed by atoms with Crippen LogP contribution in [0.2, 0.25) is 0 Å². The van der Waals surface area contributed by atoms with E-state index in [9.17, 15) is 14.4 Å². The molecule has 1 aliphatic heterocycles. The van der Waals surface area contributed by atoms with Gasteiger partial charge in [0.05, 0.1) is 5.57 Å². The third kappa shape index (κ3) is 4.84. The van der Waals surface area contributed by atoms with Gasteiger partial charge in [0, 0.05) is 16.3 Å². The number of piperidine rings is 1. The molecule has 2 amide bonds. The minimum absolute atomic E-state index is 0.395. The summed E-state index contributed by atoms with van der Waals surface area (Å²) < 4.78 is 5.28. The Morgan fingerprint density at radius 2 is 1.96 bits per heavy atom. The maximum absolute atomic E-state index is 12.6. The lowest BCUT2D eigenvalue weighted by atomic mass is 10.0. The molecule has 27 heavy (non-hydrogen) atoms. The standard InChI is InChI=1S/C19H20N2O4S2/c20-18(23)15-6-1-2-8-21(15)17(22)12-25-19(24)14(16-7-4-10-27-16)11-13-5-3-9-26-13/h3-5,7,9-11,15H,1-2,6,8,12H2,(H2,20,23)/b14-11+/t15-/m0/s1. The highest BCUT2D eigenvalue weighted by atomic mass is 32.1. The second kappa shape index (κ2) is 8.96. The normalized spacial score (nSPS) is 17.6. The number of rotatable bonds is 6. The second-order valence-corrected chi connectivity index (χ2v) is 8.05. The van der Waals surface area contributed by atoms with Gasteiger partial charge in [0.15, 0.2) is 6.61 Å². The summed E-state index contributed by atoms with van der Waals surface area (Å²) in [6.45, 7) is 0.0442. The Hall–Kier alpha value is -2.45. The Kier molecular flexibility index (Phi) is 6.41. The zero-order valence-electron chi connectivity index (χ0n) is 14.6. The van der Waals surface area contributed by atoms with Crippen LogP contribution < -0.4 is 5.73 Å². The van der Waals surface area contributed by atoms with Crippen molar-refractivity contribution >= 4 is 52.1 Å². The van der Waals surface area contributed by atoms with Crippen LogP contribution in [0.5, 0.6) is 0 Å². The molecule has 1 saturated heterocycles. The minimum Gasteiger partial charge on any atom is -0.452 e. The first kappa shape index (κ1) is 19.3. The average Bonchev–Trinajstić information content (AvgIpc) is 3.37. The molecule has 8 heteroatoms. The van der Waals surface area contributed by atoms with Crippen LogP contribution in [0, 0.1) is 0 Å². The van der Waals surface area contributed by atoms with Gasteiger partial charge in [0.1, 0.15) is 6.04 Å². The molecule has 0 bridgehead atoms. The Bertz CT molecular complexity index is 828. The van der Waals surface area contributed by atoms with Gasteiger partial charge in [-0.2, -0.15) is 0 Å². The van der Waals surface area contributed by atoms with Crippen LogP contribution in [0.15, 0.2) is 35.0 Å². The van der Waals surface area contributed by atoms with Crippen LogP contribution in [-0.4, -0.2) is 41.9 Å². The van der Waals surface area contributed by atoms with E-state index < -0.39 is 30.4 Å². The van der Waals surface area contributed by atoms with Gasteiger partial charge in [-0.15, -0.1) is 22.7 Å². The van der Waals surface area contributed by atoms with Crippen molar-refractivity contribution in [2.45, 2.75) is 25.3 Å². The van der Waals surface area contributed by atoms with Gasteiger partial charge in [-0.05, 0) is 48.2 Å². The summed E-state index contributed by atoms with van der Waals surface area (Å²) in [4.78, 5) is 39.8. The highest BCUT2D eigenvalue weighted by Crippen LogP contribution is 2.26. The predicted molar refractivity (Wildman–Crippen MR) is 106 cm³/mol. The first-order valence-electron chi connectivity index (χ1n) is 8.61. The summed E-state index contributed by atoms with van der Waals surface area (Å²) in [6.07, 6.45) is 3.97. The Balaban J connectivity index is 1.69. The molecule has 0 unspecified atom stereocenters. The maximum Gasteiger partial charge on any atom is 0.340 e.